The SMILES string of the molecule is COC(=O)/C=C/c1ccc(OCCCCCCc2cc(C(C)(C)C(C)C)sc2C(C)(C)C(C)C)cc1. The van der Waals surface area contributed by atoms with E-state index in [1.54, 1.807) is 16.5 Å². The predicted molar refractivity (Wildman–Crippen MR) is 155 cm³/mol. The number of hydrogen-bond donors (Lipinski definition) is 0. The van der Waals surface area contributed by atoms with Crippen LogP contribution in [0.4, 0.5) is 0 Å². The van der Waals surface area contributed by atoms with Crippen molar-refractivity contribution in [2.75, 3.05) is 13.7 Å². The topological polar surface area (TPSA) is 35.5 Å². The Morgan fingerprint density at radius 1 is 0.917 bits per heavy atom. The van der Waals surface area contributed by atoms with Crippen LogP contribution in [-0.4, -0.2) is 19.7 Å². The van der Waals surface area contributed by atoms with E-state index in [2.05, 4.69) is 77.5 Å². The lowest BCUT2D eigenvalue weighted by Gasteiger charge is -2.30. The highest BCUT2D eigenvalue weighted by atomic mass is 32.1. The van der Waals surface area contributed by atoms with Crippen LogP contribution < -0.4 is 4.74 Å². The van der Waals surface area contributed by atoms with Crippen molar-refractivity contribution in [3.05, 3.63) is 57.3 Å². The molecule has 1 aromatic heterocycles. The van der Waals surface area contributed by atoms with Gasteiger partial charge in [0.2, 0.25) is 0 Å². The lowest BCUT2D eigenvalue weighted by Crippen LogP contribution is -2.24. The molecule has 1 aromatic carbocycles. The van der Waals surface area contributed by atoms with Crippen LogP contribution in [0.25, 0.3) is 6.08 Å². The first kappa shape index (κ1) is 30.2. The first-order valence-electron chi connectivity index (χ1n) is 13.5. The van der Waals surface area contributed by atoms with Gasteiger partial charge < -0.3 is 9.47 Å². The number of methoxy groups -OCH3 is 1. The highest BCUT2D eigenvalue weighted by Gasteiger charge is 2.33. The summed E-state index contributed by atoms with van der Waals surface area (Å²) >= 11 is 2.06. The molecule has 0 aliphatic carbocycles. The van der Waals surface area contributed by atoms with Crippen LogP contribution in [0.3, 0.4) is 0 Å². The van der Waals surface area contributed by atoms with E-state index in [1.165, 1.54) is 37.3 Å². The minimum atomic E-state index is -0.353. The second-order valence-corrected chi connectivity index (χ2v) is 12.7. The monoisotopic (exact) mass is 512 g/mol. The van der Waals surface area contributed by atoms with Gasteiger partial charge in [-0.05, 0) is 66.5 Å². The number of carbonyl (C=O) groups is 1. The molecule has 0 bridgehead atoms. The van der Waals surface area contributed by atoms with E-state index in [0.717, 1.165) is 30.8 Å². The van der Waals surface area contributed by atoms with Crippen molar-refractivity contribution in [1.82, 2.24) is 0 Å². The molecule has 0 radical (unpaired) electrons. The smallest absolute Gasteiger partial charge is 0.330 e. The maximum atomic E-state index is 11.2. The average Bonchev–Trinajstić information content (AvgIpc) is 3.28. The van der Waals surface area contributed by atoms with Gasteiger partial charge >= 0.3 is 5.97 Å². The normalized spacial score (nSPS) is 12.6. The molecule has 0 saturated carbocycles. The Morgan fingerprint density at radius 2 is 1.53 bits per heavy atom. The number of thiophene rings is 1. The third-order valence-corrected chi connectivity index (χ3v) is 9.87. The molecule has 0 amide bonds. The molecule has 0 atom stereocenters. The third-order valence-electron chi connectivity index (χ3n) is 8.02. The van der Waals surface area contributed by atoms with E-state index < -0.39 is 0 Å². The lowest BCUT2D eigenvalue weighted by molar-refractivity contribution is -0.134. The van der Waals surface area contributed by atoms with Gasteiger partial charge in [-0.25, -0.2) is 4.79 Å². The zero-order valence-electron chi connectivity index (χ0n) is 24.1. The summed E-state index contributed by atoms with van der Waals surface area (Å²) in [5, 5.41) is 0. The number of aryl methyl sites for hydroxylation is 1. The first-order valence-corrected chi connectivity index (χ1v) is 14.3. The van der Waals surface area contributed by atoms with Crippen molar-refractivity contribution in [2.45, 2.75) is 98.3 Å². The largest absolute Gasteiger partial charge is 0.494 e. The van der Waals surface area contributed by atoms with Crippen LogP contribution in [0, 0.1) is 11.8 Å². The van der Waals surface area contributed by atoms with Crippen molar-refractivity contribution < 1.29 is 14.3 Å². The molecule has 0 fully saturated rings. The Bertz CT molecular complexity index is 977. The van der Waals surface area contributed by atoms with E-state index in [-0.39, 0.29) is 16.8 Å². The molecular formula is C32H48O3S. The fraction of sp³-hybridized carbons (Fsp3) is 0.594. The molecule has 2 rings (SSSR count). The minimum Gasteiger partial charge on any atom is -0.494 e. The molecule has 200 valence electrons. The molecule has 0 aliphatic heterocycles. The highest BCUT2D eigenvalue weighted by molar-refractivity contribution is 7.12. The molecule has 0 unspecified atom stereocenters. The van der Waals surface area contributed by atoms with Crippen molar-refractivity contribution >= 4 is 23.4 Å². The zero-order valence-corrected chi connectivity index (χ0v) is 24.9. The minimum absolute atomic E-state index is 0.198. The van der Waals surface area contributed by atoms with E-state index in [4.69, 9.17) is 4.74 Å². The van der Waals surface area contributed by atoms with Gasteiger partial charge in [0, 0.05) is 26.7 Å². The van der Waals surface area contributed by atoms with Crippen molar-refractivity contribution in [3.63, 3.8) is 0 Å². The number of ether oxygens (including phenoxy) is 2. The van der Waals surface area contributed by atoms with Gasteiger partial charge in [-0.15, -0.1) is 11.3 Å². The van der Waals surface area contributed by atoms with Gasteiger partial charge in [-0.1, -0.05) is 80.4 Å². The van der Waals surface area contributed by atoms with Crippen LogP contribution >= 0.6 is 11.3 Å². The number of unbranched alkanes of at least 4 members (excludes halogenated alkanes) is 3. The fourth-order valence-electron chi connectivity index (χ4n) is 3.89. The summed E-state index contributed by atoms with van der Waals surface area (Å²) in [4.78, 5) is 14.3. The van der Waals surface area contributed by atoms with E-state index in [1.807, 2.05) is 24.3 Å². The summed E-state index contributed by atoms with van der Waals surface area (Å²) in [5.41, 5.74) is 2.92. The number of hydrogen-bond acceptors (Lipinski definition) is 4. The number of rotatable bonds is 14. The maximum absolute atomic E-state index is 11.2. The Kier molecular flexibility index (Phi) is 11.3. The second-order valence-electron chi connectivity index (χ2n) is 11.7. The molecule has 4 heteroatoms. The zero-order chi connectivity index (χ0) is 26.9. The van der Waals surface area contributed by atoms with Gasteiger partial charge in [0.1, 0.15) is 5.75 Å². The van der Waals surface area contributed by atoms with Crippen LogP contribution in [0.15, 0.2) is 36.4 Å². The van der Waals surface area contributed by atoms with Gasteiger partial charge in [-0.2, -0.15) is 0 Å². The van der Waals surface area contributed by atoms with E-state index >= 15 is 0 Å². The van der Waals surface area contributed by atoms with Gasteiger partial charge in [0.05, 0.1) is 13.7 Å². The van der Waals surface area contributed by atoms with Crippen molar-refractivity contribution in [3.8, 4) is 5.75 Å². The van der Waals surface area contributed by atoms with Gasteiger partial charge in [-0.3, -0.25) is 0 Å². The van der Waals surface area contributed by atoms with Gasteiger partial charge in [0.25, 0.3) is 0 Å². The third kappa shape index (κ3) is 8.23. The molecule has 0 N–H and O–H groups in total. The highest BCUT2D eigenvalue weighted by Crippen LogP contribution is 2.44. The summed E-state index contributed by atoms with van der Waals surface area (Å²) in [5.74, 6) is 1.74. The molecule has 1 heterocycles. The molecule has 36 heavy (non-hydrogen) atoms. The Hall–Kier alpha value is -2.07. The summed E-state index contributed by atoms with van der Waals surface area (Å²) in [6.45, 7) is 19.7. The predicted octanol–water partition coefficient (Wildman–Crippen LogP) is 8.98. The van der Waals surface area contributed by atoms with Crippen molar-refractivity contribution in [1.29, 1.82) is 0 Å². The van der Waals surface area contributed by atoms with Crippen molar-refractivity contribution in [2.24, 2.45) is 11.8 Å². The molecule has 0 aliphatic rings. The van der Waals surface area contributed by atoms with E-state index in [0.29, 0.717) is 11.8 Å². The first-order chi connectivity index (χ1) is 16.9. The van der Waals surface area contributed by atoms with Crippen LogP contribution in [-0.2, 0) is 26.8 Å². The lowest BCUT2D eigenvalue weighted by atomic mass is 9.77. The van der Waals surface area contributed by atoms with Gasteiger partial charge in [0.15, 0.2) is 0 Å². The average molecular weight is 513 g/mol. The summed E-state index contributed by atoms with van der Waals surface area (Å²) in [6.07, 6.45) is 9.01. The van der Waals surface area contributed by atoms with Crippen LogP contribution in [0.1, 0.15) is 102 Å². The summed E-state index contributed by atoms with van der Waals surface area (Å²) in [7, 11) is 1.38. The Balaban J connectivity index is 1.84. The summed E-state index contributed by atoms with van der Waals surface area (Å²) in [6, 6.07) is 10.3. The van der Waals surface area contributed by atoms with Crippen LogP contribution in [0.2, 0.25) is 0 Å². The molecule has 3 nitrogen and oxygen atoms in total. The quantitative estimate of drug-likeness (QED) is 0.144. The molecule has 2 aromatic rings. The number of carbonyl (C=O) groups excluding carboxylic acids is 1. The number of benzene rings is 1. The standard InChI is InChI=1S/C32H48O3S/c1-23(2)31(5,6)28-22-26(30(36-28)32(7,8)24(3)4)14-12-10-11-13-21-35-27-18-15-25(16-19-27)17-20-29(33)34-9/h15-20,22-24H,10-14,21H2,1-9H3/b20-17+. The fourth-order valence-corrected chi connectivity index (χ4v) is 5.60. The molecular weight excluding hydrogens is 464 g/mol. The molecule has 0 saturated heterocycles. The van der Waals surface area contributed by atoms with E-state index in [9.17, 15) is 4.79 Å². The Morgan fingerprint density at radius 3 is 2.11 bits per heavy atom. The van der Waals surface area contributed by atoms with Crippen LogP contribution in [0.5, 0.6) is 5.75 Å². The summed E-state index contributed by atoms with van der Waals surface area (Å²) < 4.78 is 10.5. The second kappa shape index (κ2) is 13.5. The Labute approximate surface area is 224 Å². The molecule has 0 spiro atoms. The number of esters is 1. The maximum Gasteiger partial charge on any atom is 0.330 e.